The van der Waals surface area contributed by atoms with E-state index in [2.05, 4.69) is 20.3 Å². The highest BCUT2D eigenvalue weighted by Gasteiger charge is 2.28. The van der Waals surface area contributed by atoms with Gasteiger partial charge in [0.2, 0.25) is 5.91 Å². The molecule has 0 saturated carbocycles. The fourth-order valence-electron chi connectivity index (χ4n) is 2.47. The quantitative estimate of drug-likeness (QED) is 0.774. The molecule has 1 saturated heterocycles. The number of nitrogens with zero attached hydrogens (tertiary/aromatic N) is 2. The van der Waals surface area contributed by atoms with Gasteiger partial charge in [-0.2, -0.15) is 0 Å². The molecule has 3 rings (SSSR count). The van der Waals surface area contributed by atoms with Gasteiger partial charge in [-0.25, -0.2) is 9.97 Å². The van der Waals surface area contributed by atoms with Crippen LogP contribution < -0.4 is 10.9 Å². The van der Waals surface area contributed by atoms with Crippen LogP contribution in [-0.4, -0.2) is 46.2 Å². The summed E-state index contributed by atoms with van der Waals surface area (Å²) >= 11 is 1.51. The third kappa shape index (κ3) is 4.47. The normalized spacial score (nSPS) is 20.7. The van der Waals surface area contributed by atoms with Gasteiger partial charge in [0.15, 0.2) is 0 Å². The van der Waals surface area contributed by atoms with Gasteiger partial charge in [-0.1, -0.05) is 0 Å². The van der Waals surface area contributed by atoms with Gasteiger partial charge < -0.3 is 19.8 Å². The molecule has 1 fully saturated rings. The zero-order chi connectivity index (χ0) is 16.8. The van der Waals surface area contributed by atoms with E-state index < -0.39 is 0 Å². The zero-order valence-electron chi connectivity index (χ0n) is 12.9. The van der Waals surface area contributed by atoms with E-state index in [1.165, 1.54) is 23.9 Å². The van der Waals surface area contributed by atoms with Gasteiger partial charge in [0, 0.05) is 23.7 Å². The van der Waals surface area contributed by atoms with Crippen molar-refractivity contribution in [2.45, 2.75) is 31.6 Å². The Morgan fingerprint density at radius 1 is 1.54 bits per heavy atom. The van der Waals surface area contributed by atoms with Crippen LogP contribution >= 0.6 is 11.3 Å². The van der Waals surface area contributed by atoms with Gasteiger partial charge in [-0.05, 0) is 6.42 Å². The molecule has 3 heterocycles. The molecule has 2 aromatic rings. The van der Waals surface area contributed by atoms with Crippen LogP contribution in [0.15, 0.2) is 28.2 Å². The molecule has 8 nitrogen and oxygen atoms in total. The minimum absolute atomic E-state index is 0.0145. The molecule has 128 valence electrons. The fourth-order valence-corrected chi connectivity index (χ4v) is 3.02. The molecule has 0 bridgehead atoms. The van der Waals surface area contributed by atoms with E-state index in [9.17, 15) is 9.59 Å². The molecule has 24 heavy (non-hydrogen) atoms. The lowest BCUT2D eigenvalue weighted by molar-refractivity contribution is -0.126. The number of carbonyl (C=O) groups is 1. The van der Waals surface area contributed by atoms with Gasteiger partial charge >= 0.3 is 0 Å². The predicted octanol–water partition coefficient (Wildman–Crippen LogP) is 0.259. The van der Waals surface area contributed by atoms with Crippen LogP contribution in [-0.2, 0) is 27.3 Å². The Morgan fingerprint density at radius 3 is 3.25 bits per heavy atom. The third-order valence-corrected chi connectivity index (χ3v) is 4.36. The Morgan fingerprint density at radius 2 is 2.46 bits per heavy atom. The van der Waals surface area contributed by atoms with Crippen LogP contribution in [0.3, 0.4) is 0 Å². The summed E-state index contributed by atoms with van der Waals surface area (Å²) in [4.78, 5) is 34.3. The molecule has 0 unspecified atom stereocenters. The lowest BCUT2D eigenvalue weighted by Gasteiger charge is -2.32. The highest BCUT2D eigenvalue weighted by molar-refractivity contribution is 7.07. The zero-order valence-corrected chi connectivity index (χ0v) is 13.8. The smallest absolute Gasteiger partial charge is 0.254 e. The minimum atomic E-state index is -0.302. The molecule has 9 heteroatoms. The first-order valence-electron chi connectivity index (χ1n) is 7.59. The van der Waals surface area contributed by atoms with Crippen molar-refractivity contribution in [3.05, 3.63) is 45.0 Å². The second-order valence-electron chi connectivity index (χ2n) is 5.45. The van der Waals surface area contributed by atoms with E-state index in [1.54, 1.807) is 5.51 Å². The molecule has 2 aromatic heterocycles. The van der Waals surface area contributed by atoms with Crippen molar-refractivity contribution >= 4 is 17.2 Å². The molecule has 0 aliphatic carbocycles. The number of rotatable bonds is 6. The first kappa shape index (κ1) is 16.7. The van der Waals surface area contributed by atoms with Crippen LogP contribution in [0.2, 0.25) is 0 Å². The SMILES string of the molecule is O=C(Cc1cnc[nH]c1=O)N[C@@H]1CCOC[C@H]1OCc1cscn1. The molecule has 0 radical (unpaired) electrons. The van der Waals surface area contributed by atoms with Crippen molar-refractivity contribution in [2.75, 3.05) is 13.2 Å². The van der Waals surface area contributed by atoms with Crippen molar-refractivity contribution in [3.63, 3.8) is 0 Å². The number of hydrogen-bond acceptors (Lipinski definition) is 7. The topological polar surface area (TPSA) is 106 Å². The highest BCUT2D eigenvalue weighted by atomic mass is 32.1. The first-order valence-corrected chi connectivity index (χ1v) is 8.54. The number of aromatic nitrogens is 3. The summed E-state index contributed by atoms with van der Waals surface area (Å²) < 4.78 is 11.3. The van der Waals surface area contributed by atoms with Gasteiger partial charge in [0.25, 0.3) is 5.56 Å². The predicted molar refractivity (Wildman–Crippen MR) is 86.6 cm³/mol. The van der Waals surface area contributed by atoms with Crippen LogP contribution in [0.25, 0.3) is 0 Å². The summed E-state index contributed by atoms with van der Waals surface area (Å²) in [5.74, 6) is -0.234. The molecular formula is C15H18N4O4S. The van der Waals surface area contributed by atoms with E-state index in [0.29, 0.717) is 31.8 Å². The fraction of sp³-hybridized carbons (Fsp3) is 0.467. The van der Waals surface area contributed by atoms with Crippen LogP contribution in [0.5, 0.6) is 0 Å². The lowest BCUT2D eigenvalue weighted by Crippen LogP contribution is -2.50. The van der Waals surface area contributed by atoms with Crippen molar-refractivity contribution in [1.29, 1.82) is 0 Å². The Labute approximate surface area is 142 Å². The number of nitrogens with one attached hydrogen (secondary N) is 2. The van der Waals surface area contributed by atoms with Crippen molar-refractivity contribution in [3.8, 4) is 0 Å². The molecule has 2 atom stereocenters. The van der Waals surface area contributed by atoms with Gasteiger partial charge in [-0.3, -0.25) is 9.59 Å². The van der Waals surface area contributed by atoms with Gasteiger partial charge in [-0.15, -0.1) is 11.3 Å². The number of thiazole rings is 1. The number of H-pyrrole nitrogens is 1. The number of carbonyl (C=O) groups excluding carboxylic acids is 1. The van der Waals surface area contributed by atoms with Crippen molar-refractivity contribution in [2.24, 2.45) is 0 Å². The summed E-state index contributed by atoms with van der Waals surface area (Å²) in [7, 11) is 0. The Balaban J connectivity index is 1.55. The van der Waals surface area contributed by atoms with Crippen LogP contribution in [0, 0.1) is 0 Å². The monoisotopic (exact) mass is 350 g/mol. The Bertz CT molecular complexity index is 718. The number of ether oxygens (including phenoxy) is 2. The van der Waals surface area contributed by atoms with Crippen molar-refractivity contribution in [1.82, 2.24) is 20.3 Å². The first-order chi connectivity index (χ1) is 11.7. The lowest BCUT2D eigenvalue weighted by atomic mass is 10.1. The van der Waals surface area contributed by atoms with Crippen LogP contribution in [0.1, 0.15) is 17.7 Å². The molecule has 2 N–H and O–H groups in total. The second kappa shape index (κ2) is 8.13. The molecule has 1 aliphatic rings. The largest absolute Gasteiger partial charge is 0.379 e. The molecular weight excluding hydrogens is 332 g/mol. The number of hydrogen-bond donors (Lipinski definition) is 2. The second-order valence-corrected chi connectivity index (χ2v) is 6.17. The Kier molecular flexibility index (Phi) is 5.68. The molecule has 0 aromatic carbocycles. The van der Waals surface area contributed by atoms with E-state index in [1.807, 2.05) is 5.38 Å². The number of aromatic amines is 1. The minimum Gasteiger partial charge on any atom is -0.379 e. The summed E-state index contributed by atoms with van der Waals surface area (Å²) in [6, 6.07) is -0.152. The van der Waals surface area contributed by atoms with Crippen LogP contribution in [0.4, 0.5) is 0 Å². The van der Waals surface area contributed by atoms with E-state index in [0.717, 1.165) is 5.69 Å². The van der Waals surface area contributed by atoms with Gasteiger partial charge in [0.05, 0.1) is 43.2 Å². The molecule has 1 aliphatic heterocycles. The summed E-state index contributed by atoms with van der Waals surface area (Å²) in [6.45, 7) is 1.36. The maximum Gasteiger partial charge on any atom is 0.254 e. The highest BCUT2D eigenvalue weighted by Crippen LogP contribution is 2.14. The van der Waals surface area contributed by atoms with E-state index in [4.69, 9.17) is 9.47 Å². The summed E-state index contributed by atoms with van der Waals surface area (Å²) in [5, 5.41) is 4.86. The maximum atomic E-state index is 12.2. The average molecular weight is 350 g/mol. The molecule has 0 spiro atoms. The average Bonchev–Trinajstić information content (AvgIpc) is 3.10. The standard InChI is InChI=1S/C15H18N4O4S/c20-14(3-10-4-16-8-17-15(10)21)19-12-1-2-22-6-13(12)23-5-11-7-24-9-18-11/h4,7-9,12-13H,1-3,5-6H2,(H,19,20)(H,16,17,21)/t12-,13-/m1/s1. The van der Waals surface area contributed by atoms with E-state index in [-0.39, 0.29) is 30.0 Å². The molecule has 1 amide bonds. The number of amides is 1. The summed E-state index contributed by atoms with van der Waals surface area (Å²) in [6.07, 6.45) is 3.11. The van der Waals surface area contributed by atoms with Crippen molar-refractivity contribution < 1.29 is 14.3 Å². The van der Waals surface area contributed by atoms with E-state index >= 15 is 0 Å². The Hall–Kier alpha value is -2.10. The maximum absolute atomic E-state index is 12.2. The van der Waals surface area contributed by atoms with Gasteiger partial charge in [0.1, 0.15) is 6.10 Å². The third-order valence-electron chi connectivity index (χ3n) is 3.72. The summed E-state index contributed by atoms with van der Waals surface area (Å²) in [5.41, 5.74) is 2.64.